The molecule has 21 heavy (non-hydrogen) atoms. The SMILES string of the molecule is COc1cc(-c2cc(SC)nc(N)n2)cc(OC)c1OC. The highest BCUT2D eigenvalue weighted by molar-refractivity contribution is 7.98. The van der Waals surface area contributed by atoms with Gasteiger partial charge in [-0.3, -0.25) is 0 Å². The van der Waals surface area contributed by atoms with Gasteiger partial charge in [-0.1, -0.05) is 0 Å². The number of hydrogen-bond acceptors (Lipinski definition) is 7. The Morgan fingerprint density at radius 1 is 0.952 bits per heavy atom. The smallest absolute Gasteiger partial charge is 0.221 e. The fourth-order valence-corrected chi connectivity index (χ4v) is 2.34. The molecule has 2 aromatic rings. The summed E-state index contributed by atoms with van der Waals surface area (Å²) >= 11 is 1.50. The molecule has 2 rings (SSSR count). The Morgan fingerprint density at radius 3 is 2.05 bits per heavy atom. The zero-order chi connectivity index (χ0) is 15.4. The predicted molar refractivity (Wildman–Crippen MR) is 83.3 cm³/mol. The summed E-state index contributed by atoms with van der Waals surface area (Å²) in [5.74, 6) is 1.89. The minimum atomic E-state index is 0.227. The lowest BCUT2D eigenvalue weighted by Crippen LogP contribution is -1.99. The number of aromatic nitrogens is 2. The highest BCUT2D eigenvalue weighted by Gasteiger charge is 2.15. The Labute approximate surface area is 127 Å². The third-order valence-electron chi connectivity index (χ3n) is 2.89. The van der Waals surface area contributed by atoms with E-state index in [2.05, 4.69) is 9.97 Å². The minimum Gasteiger partial charge on any atom is -0.493 e. The molecule has 7 heteroatoms. The molecule has 0 spiro atoms. The van der Waals surface area contributed by atoms with Gasteiger partial charge in [0.15, 0.2) is 11.5 Å². The zero-order valence-corrected chi connectivity index (χ0v) is 13.2. The molecule has 0 unspecified atom stereocenters. The number of nitrogens with zero attached hydrogens (tertiary/aromatic N) is 2. The number of methoxy groups -OCH3 is 3. The molecule has 0 fully saturated rings. The molecular formula is C14H17N3O3S. The molecule has 0 bridgehead atoms. The molecule has 112 valence electrons. The topological polar surface area (TPSA) is 79.5 Å². The van der Waals surface area contributed by atoms with Gasteiger partial charge in [-0.2, -0.15) is 0 Å². The third-order valence-corrected chi connectivity index (χ3v) is 3.52. The van der Waals surface area contributed by atoms with Gasteiger partial charge < -0.3 is 19.9 Å². The van der Waals surface area contributed by atoms with Crippen LogP contribution in [0.5, 0.6) is 17.2 Å². The number of nitrogen functional groups attached to an aromatic ring is 1. The molecule has 0 aliphatic heterocycles. The number of nitrogens with two attached hydrogens (primary N) is 1. The Bertz CT molecular complexity index is 624. The standard InChI is InChI=1S/C14H17N3O3S/c1-18-10-5-8(6-11(19-2)13(10)20-3)9-7-12(21-4)17-14(15)16-9/h5-7H,1-4H3,(H2,15,16,17). The maximum Gasteiger partial charge on any atom is 0.221 e. The Morgan fingerprint density at radius 2 is 1.57 bits per heavy atom. The van der Waals surface area contributed by atoms with Crippen LogP contribution in [0.25, 0.3) is 11.3 Å². The van der Waals surface area contributed by atoms with Gasteiger partial charge in [0.25, 0.3) is 0 Å². The number of hydrogen-bond donors (Lipinski definition) is 1. The van der Waals surface area contributed by atoms with E-state index in [4.69, 9.17) is 19.9 Å². The first kappa shape index (κ1) is 15.2. The van der Waals surface area contributed by atoms with Crippen molar-refractivity contribution >= 4 is 17.7 Å². The van der Waals surface area contributed by atoms with Crippen molar-refractivity contribution in [3.05, 3.63) is 18.2 Å². The van der Waals surface area contributed by atoms with Crippen LogP contribution in [0.15, 0.2) is 23.2 Å². The van der Waals surface area contributed by atoms with Crippen molar-refractivity contribution < 1.29 is 14.2 Å². The van der Waals surface area contributed by atoms with Gasteiger partial charge in [-0.25, -0.2) is 9.97 Å². The fraction of sp³-hybridized carbons (Fsp3) is 0.286. The third kappa shape index (κ3) is 3.13. The summed E-state index contributed by atoms with van der Waals surface area (Å²) in [5, 5.41) is 0.797. The van der Waals surface area contributed by atoms with Crippen molar-refractivity contribution in [2.75, 3.05) is 33.3 Å². The van der Waals surface area contributed by atoms with Gasteiger partial charge in [0.05, 0.1) is 27.0 Å². The van der Waals surface area contributed by atoms with E-state index in [0.29, 0.717) is 22.9 Å². The normalized spacial score (nSPS) is 10.3. The average molecular weight is 307 g/mol. The second-order valence-corrected chi connectivity index (χ2v) is 4.89. The van der Waals surface area contributed by atoms with Crippen LogP contribution in [-0.2, 0) is 0 Å². The van der Waals surface area contributed by atoms with E-state index in [1.807, 2.05) is 24.5 Å². The van der Waals surface area contributed by atoms with Crippen molar-refractivity contribution in [1.29, 1.82) is 0 Å². The molecule has 6 nitrogen and oxygen atoms in total. The largest absolute Gasteiger partial charge is 0.493 e. The van der Waals surface area contributed by atoms with Gasteiger partial charge >= 0.3 is 0 Å². The van der Waals surface area contributed by atoms with E-state index < -0.39 is 0 Å². The lowest BCUT2D eigenvalue weighted by Gasteiger charge is -2.14. The maximum absolute atomic E-state index is 5.75. The lowest BCUT2D eigenvalue weighted by atomic mass is 10.1. The van der Waals surface area contributed by atoms with Crippen LogP contribution in [0.1, 0.15) is 0 Å². The summed E-state index contributed by atoms with van der Waals surface area (Å²) in [6.45, 7) is 0. The van der Waals surface area contributed by atoms with Gasteiger partial charge in [0.2, 0.25) is 11.7 Å². The van der Waals surface area contributed by atoms with Crippen molar-refractivity contribution in [2.45, 2.75) is 5.03 Å². The number of ether oxygens (including phenoxy) is 3. The number of thioether (sulfide) groups is 1. The maximum atomic E-state index is 5.75. The second kappa shape index (κ2) is 6.53. The molecule has 0 aliphatic carbocycles. The predicted octanol–water partition coefficient (Wildman–Crippen LogP) is 2.47. The van der Waals surface area contributed by atoms with E-state index in [-0.39, 0.29) is 5.95 Å². The number of benzene rings is 1. The van der Waals surface area contributed by atoms with Crippen LogP contribution in [-0.4, -0.2) is 37.6 Å². The molecule has 0 atom stereocenters. The Kier molecular flexibility index (Phi) is 4.74. The Balaban J connectivity index is 2.61. The monoisotopic (exact) mass is 307 g/mol. The first-order valence-electron chi connectivity index (χ1n) is 6.11. The molecule has 1 aromatic carbocycles. The van der Waals surface area contributed by atoms with E-state index in [9.17, 15) is 0 Å². The summed E-state index contributed by atoms with van der Waals surface area (Å²) in [4.78, 5) is 8.40. The van der Waals surface area contributed by atoms with Crippen molar-refractivity contribution in [1.82, 2.24) is 9.97 Å². The average Bonchev–Trinajstić information content (AvgIpc) is 2.52. The molecule has 1 aromatic heterocycles. The van der Waals surface area contributed by atoms with Gasteiger partial charge in [-0.05, 0) is 24.5 Å². The highest BCUT2D eigenvalue weighted by Crippen LogP contribution is 2.41. The van der Waals surface area contributed by atoms with E-state index in [1.54, 1.807) is 21.3 Å². The minimum absolute atomic E-state index is 0.227. The first-order chi connectivity index (χ1) is 10.1. The molecule has 0 radical (unpaired) electrons. The first-order valence-corrected chi connectivity index (χ1v) is 7.34. The zero-order valence-electron chi connectivity index (χ0n) is 12.3. The quantitative estimate of drug-likeness (QED) is 0.671. The summed E-state index contributed by atoms with van der Waals surface area (Å²) < 4.78 is 16.0. The summed E-state index contributed by atoms with van der Waals surface area (Å²) in [6, 6.07) is 5.52. The molecule has 2 N–H and O–H groups in total. The fourth-order valence-electron chi connectivity index (χ4n) is 1.92. The second-order valence-electron chi connectivity index (χ2n) is 4.07. The molecular weight excluding hydrogens is 290 g/mol. The van der Waals surface area contributed by atoms with Crippen molar-refractivity contribution in [2.24, 2.45) is 0 Å². The van der Waals surface area contributed by atoms with E-state index >= 15 is 0 Å². The van der Waals surface area contributed by atoms with E-state index in [1.165, 1.54) is 11.8 Å². The van der Waals surface area contributed by atoms with Gasteiger partial charge in [0.1, 0.15) is 5.03 Å². The van der Waals surface area contributed by atoms with Crippen molar-refractivity contribution in [3.63, 3.8) is 0 Å². The molecule has 0 saturated carbocycles. The molecule has 1 heterocycles. The number of rotatable bonds is 5. The molecule has 0 aliphatic rings. The van der Waals surface area contributed by atoms with Crippen LogP contribution in [0.2, 0.25) is 0 Å². The van der Waals surface area contributed by atoms with Crippen LogP contribution in [0, 0.1) is 0 Å². The summed E-state index contributed by atoms with van der Waals surface area (Å²) in [5.41, 5.74) is 7.26. The summed E-state index contributed by atoms with van der Waals surface area (Å²) in [7, 11) is 4.71. The van der Waals surface area contributed by atoms with Crippen LogP contribution < -0.4 is 19.9 Å². The molecule has 0 amide bonds. The lowest BCUT2D eigenvalue weighted by molar-refractivity contribution is 0.324. The highest BCUT2D eigenvalue weighted by atomic mass is 32.2. The van der Waals surface area contributed by atoms with Crippen LogP contribution in [0.4, 0.5) is 5.95 Å². The van der Waals surface area contributed by atoms with Gasteiger partial charge in [-0.15, -0.1) is 11.8 Å². The van der Waals surface area contributed by atoms with E-state index in [0.717, 1.165) is 10.6 Å². The van der Waals surface area contributed by atoms with Crippen molar-refractivity contribution in [3.8, 4) is 28.5 Å². The number of anilines is 1. The van der Waals surface area contributed by atoms with Crippen LogP contribution >= 0.6 is 11.8 Å². The Hall–Kier alpha value is -2.15. The molecule has 0 saturated heterocycles. The summed E-state index contributed by atoms with van der Waals surface area (Å²) in [6.07, 6.45) is 1.93. The van der Waals surface area contributed by atoms with Crippen LogP contribution in [0.3, 0.4) is 0 Å². The van der Waals surface area contributed by atoms with Gasteiger partial charge in [0, 0.05) is 5.56 Å².